The van der Waals surface area contributed by atoms with Gasteiger partial charge in [-0.2, -0.15) is 0 Å². The van der Waals surface area contributed by atoms with Crippen molar-refractivity contribution in [1.82, 2.24) is 9.88 Å². The van der Waals surface area contributed by atoms with E-state index in [1.54, 1.807) is 7.11 Å². The zero-order chi connectivity index (χ0) is 20.8. The van der Waals surface area contributed by atoms with Gasteiger partial charge in [0.2, 0.25) is 0 Å². The van der Waals surface area contributed by atoms with E-state index in [9.17, 15) is 0 Å². The maximum absolute atomic E-state index is 6.21. The van der Waals surface area contributed by atoms with Crippen molar-refractivity contribution in [2.75, 3.05) is 51.8 Å². The fourth-order valence-corrected chi connectivity index (χ4v) is 4.23. The number of rotatable bonds is 9. The molecule has 0 saturated carbocycles. The van der Waals surface area contributed by atoms with Gasteiger partial charge in [-0.1, -0.05) is 24.4 Å². The number of nitrogens with one attached hydrogen (secondary N) is 1. The number of morpholine rings is 1. The van der Waals surface area contributed by atoms with Crippen LogP contribution in [0, 0.1) is 0 Å². The van der Waals surface area contributed by atoms with Crippen molar-refractivity contribution < 1.29 is 9.47 Å². The molecule has 1 fully saturated rings. The van der Waals surface area contributed by atoms with Gasteiger partial charge in [-0.05, 0) is 55.8 Å². The molecule has 1 aliphatic heterocycles. The molecule has 4 rings (SSSR count). The Hall–Kier alpha value is -2.08. The average molecular weight is 428 g/mol. The van der Waals surface area contributed by atoms with Gasteiger partial charge >= 0.3 is 0 Å². The lowest BCUT2D eigenvalue weighted by atomic mass is 10.1. The van der Waals surface area contributed by atoms with Crippen molar-refractivity contribution >= 4 is 39.1 Å². The number of pyridine rings is 1. The monoisotopic (exact) mass is 427 g/mol. The Labute approximate surface area is 183 Å². The topological polar surface area (TPSA) is 46.6 Å². The van der Waals surface area contributed by atoms with Crippen molar-refractivity contribution in [3.63, 3.8) is 0 Å². The summed E-state index contributed by atoms with van der Waals surface area (Å²) in [6, 6.07) is 11.9. The van der Waals surface area contributed by atoms with Gasteiger partial charge in [0.25, 0.3) is 0 Å². The summed E-state index contributed by atoms with van der Waals surface area (Å²) >= 11 is 6.21. The van der Waals surface area contributed by atoms with E-state index in [0.29, 0.717) is 5.02 Å². The minimum atomic E-state index is 0.703. The van der Waals surface area contributed by atoms with Crippen molar-refractivity contribution in [2.24, 2.45) is 0 Å². The minimum Gasteiger partial charge on any atom is -0.497 e. The highest BCUT2D eigenvalue weighted by atomic mass is 35.5. The van der Waals surface area contributed by atoms with E-state index in [0.717, 1.165) is 72.5 Å². The number of hydrogen-bond acceptors (Lipinski definition) is 5. The molecule has 2 heterocycles. The lowest BCUT2D eigenvalue weighted by molar-refractivity contribution is 0.0371. The van der Waals surface area contributed by atoms with Crippen LogP contribution in [-0.2, 0) is 4.74 Å². The van der Waals surface area contributed by atoms with Gasteiger partial charge in [-0.25, -0.2) is 4.98 Å². The first-order chi connectivity index (χ1) is 14.7. The van der Waals surface area contributed by atoms with Gasteiger partial charge in [-0.15, -0.1) is 0 Å². The summed E-state index contributed by atoms with van der Waals surface area (Å²) in [6.45, 7) is 6.05. The zero-order valence-corrected chi connectivity index (χ0v) is 18.4. The van der Waals surface area contributed by atoms with E-state index in [1.807, 2.05) is 30.3 Å². The Morgan fingerprint density at radius 1 is 1.00 bits per heavy atom. The third kappa shape index (κ3) is 5.15. The highest BCUT2D eigenvalue weighted by molar-refractivity contribution is 6.31. The molecule has 0 bridgehead atoms. The van der Waals surface area contributed by atoms with E-state index in [2.05, 4.69) is 16.3 Å². The summed E-state index contributed by atoms with van der Waals surface area (Å²) < 4.78 is 10.9. The Kier molecular flexibility index (Phi) is 7.26. The normalized spacial score (nSPS) is 15.0. The molecule has 1 N–H and O–H groups in total. The summed E-state index contributed by atoms with van der Waals surface area (Å²) in [4.78, 5) is 7.30. The quantitative estimate of drug-likeness (QED) is 0.368. The maximum Gasteiger partial charge on any atom is 0.119 e. The molecule has 1 aliphatic rings. The molecule has 1 saturated heterocycles. The molecule has 6 heteroatoms. The van der Waals surface area contributed by atoms with Gasteiger partial charge < -0.3 is 14.8 Å². The van der Waals surface area contributed by atoms with E-state index in [1.165, 1.54) is 25.8 Å². The second kappa shape index (κ2) is 10.3. The largest absolute Gasteiger partial charge is 0.497 e. The van der Waals surface area contributed by atoms with Crippen LogP contribution in [0.2, 0.25) is 5.02 Å². The Morgan fingerprint density at radius 2 is 1.83 bits per heavy atom. The standard InChI is InChI=1S/C24H30ClN3O2/c1-29-19-7-9-22-21(17-19)24(20-8-6-18(25)16-23(20)27-22)26-10-4-2-3-5-11-28-12-14-30-15-13-28/h6-9,16-17H,2-5,10-15H2,1H3,(H,26,27). The first-order valence-electron chi connectivity index (χ1n) is 10.9. The van der Waals surface area contributed by atoms with Crippen LogP contribution in [0.3, 0.4) is 0 Å². The van der Waals surface area contributed by atoms with Crippen LogP contribution in [0.25, 0.3) is 21.8 Å². The van der Waals surface area contributed by atoms with Crippen molar-refractivity contribution in [2.45, 2.75) is 25.7 Å². The number of aromatic nitrogens is 1. The Bertz CT molecular complexity index is 989. The van der Waals surface area contributed by atoms with Crippen LogP contribution in [0.5, 0.6) is 5.75 Å². The lowest BCUT2D eigenvalue weighted by Gasteiger charge is -2.26. The molecule has 160 valence electrons. The first-order valence-corrected chi connectivity index (χ1v) is 11.2. The van der Waals surface area contributed by atoms with Gasteiger partial charge in [0.05, 0.1) is 37.0 Å². The number of anilines is 1. The number of fused-ring (bicyclic) bond motifs is 2. The molecular weight excluding hydrogens is 398 g/mol. The molecule has 3 aromatic rings. The molecule has 0 atom stereocenters. The van der Waals surface area contributed by atoms with Crippen LogP contribution in [0.1, 0.15) is 25.7 Å². The fraction of sp³-hybridized carbons (Fsp3) is 0.458. The second-order valence-electron chi connectivity index (χ2n) is 7.83. The summed E-state index contributed by atoms with van der Waals surface area (Å²) in [5, 5.41) is 6.55. The smallest absolute Gasteiger partial charge is 0.119 e. The SMILES string of the molecule is COc1ccc2nc3cc(Cl)ccc3c(NCCCCCCN3CCOCC3)c2c1. The zero-order valence-electron chi connectivity index (χ0n) is 17.6. The third-order valence-corrected chi connectivity index (χ3v) is 5.98. The van der Waals surface area contributed by atoms with Crippen LogP contribution in [-0.4, -0.2) is 56.4 Å². The second-order valence-corrected chi connectivity index (χ2v) is 8.26. The molecule has 30 heavy (non-hydrogen) atoms. The molecule has 5 nitrogen and oxygen atoms in total. The number of benzene rings is 2. The van der Waals surface area contributed by atoms with E-state index in [-0.39, 0.29) is 0 Å². The molecule has 0 aliphatic carbocycles. The number of unbranched alkanes of at least 4 members (excludes halogenated alkanes) is 3. The summed E-state index contributed by atoms with van der Waals surface area (Å²) in [7, 11) is 1.69. The van der Waals surface area contributed by atoms with Crippen LogP contribution in [0.4, 0.5) is 5.69 Å². The highest BCUT2D eigenvalue weighted by Crippen LogP contribution is 2.34. The van der Waals surface area contributed by atoms with Gasteiger partial charge in [-0.3, -0.25) is 4.90 Å². The number of ether oxygens (including phenoxy) is 2. The van der Waals surface area contributed by atoms with Crippen molar-refractivity contribution in [1.29, 1.82) is 0 Å². The fourth-order valence-electron chi connectivity index (χ4n) is 4.07. The van der Waals surface area contributed by atoms with Gasteiger partial charge in [0, 0.05) is 35.4 Å². The maximum atomic E-state index is 6.21. The molecule has 0 spiro atoms. The number of halogens is 1. The number of nitrogens with zero attached hydrogens (tertiary/aromatic N) is 2. The third-order valence-electron chi connectivity index (χ3n) is 5.75. The van der Waals surface area contributed by atoms with Crippen LogP contribution >= 0.6 is 11.6 Å². The molecule has 2 aromatic carbocycles. The Morgan fingerprint density at radius 3 is 2.67 bits per heavy atom. The molecule has 0 unspecified atom stereocenters. The average Bonchev–Trinajstić information content (AvgIpc) is 2.78. The number of methoxy groups -OCH3 is 1. The van der Waals surface area contributed by atoms with Crippen molar-refractivity contribution in [3.8, 4) is 5.75 Å². The summed E-state index contributed by atoms with van der Waals surface area (Å²) in [6.07, 6.45) is 4.90. The molecule has 0 radical (unpaired) electrons. The van der Waals surface area contributed by atoms with E-state index < -0.39 is 0 Å². The minimum absolute atomic E-state index is 0.703. The molecular formula is C24H30ClN3O2. The van der Waals surface area contributed by atoms with Gasteiger partial charge in [0.1, 0.15) is 5.75 Å². The predicted octanol–water partition coefficient (Wildman–Crippen LogP) is 5.35. The Balaban J connectivity index is 1.39. The summed E-state index contributed by atoms with van der Waals surface area (Å²) in [5.74, 6) is 0.837. The molecule has 0 amide bonds. The predicted molar refractivity (Wildman–Crippen MR) is 125 cm³/mol. The van der Waals surface area contributed by atoms with E-state index in [4.69, 9.17) is 26.1 Å². The van der Waals surface area contributed by atoms with Crippen LogP contribution < -0.4 is 10.1 Å². The first kappa shape index (κ1) is 21.2. The highest BCUT2D eigenvalue weighted by Gasteiger charge is 2.11. The van der Waals surface area contributed by atoms with Crippen LogP contribution in [0.15, 0.2) is 36.4 Å². The lowest BCUT2D eigenvalue weighted by Crippen LogP contribution is -2.36. The van der Waals surface area contributed by atoms with Crippen molar-refractivity contribution in [3.05, 3.63) is 41.4 Å². The van der Waals surface area contributed by atoms with Gasteiger partial charge in [0.15, 0.2) is 0 Å². The number of hydrogen-bond donors (Lipinski definition) is 1. The molecule has 1 aromatic heterocycles. The van der Waals surface area contributed by atoms with E-state index >= 15 is 0 Å². The summed E-state index contributed by atoms with van der Waals surface area (Å²) in [5.41, 5.74) is 2.96.